The Balaban J connectivity index is 1.81. The number of hydrogen-bond acceptors (Lipinski definition) is 3. The number of amides is 1. The van der Waals surface area contributed by atoms with E-state index in [1.807, 2.05) is 11.8 Å². The second-order valence-corrected chi connectivity index (χ2v) is 9.93. The van der Waals surface area contributed by atoms with Crippen LogP contribution in [0.3, 0.4) is 0 Å². The van der Waals surface area contributed by atoms with E-state index in [0.717, 1.165) is 25.7 Å². The molecule has 27 heavy (non-hydrogen) atoms. The minimum atomic E-state index is -3.35. The largest absolute Gasteiger partial charge is 0.342 e. The van der Waals surface area contributed by atoms with E-state index in [0.29, 0.717) is 25.1 Å². The summed E-state index contributed by atoms with van der Waals surface area (Å²) in [7, 11) is -3.35. The summed E-state index contributed by atoms with van der Waals surface area (Å²) < 4.78 is 40.6. The molecule has 150 valence electrons. The Bertz CT molecular complexity index is 769. The molecule has 2 heterocycles. The summed E-state index contributed by atoms with van der Waals surface area (Å²) >= 11 is 0. The van der Waals surface area contributed by atoms with E-state index in [1.165, 1.54) is 10.4 Å². The van der Waals surface area contributed by atoms with Gasteiger partial charge in [-0.05, 0) is 43.7 Å². The van der Waals surface area contributed by atoms with Crippen molar-refractivity contribution in [2.75, 3.05) is 31.9 Å². The molecule has 1 amide bonds. The molecule has 7 heteroatoms. The van der Waals surface area contributed by atoms with Gasteiger partial charge < -0.3 is 4.90 Å². The van der Waals surface area contributed by atoms with Crippen LogP contribution in [0.4, 0.5) is 4.39 Å². The van der Waals surface area contributed by atoms with Crippen LogP contribution in [0.1, 0.15) is 44.6 Å². The maximum atomic E-state index is 14.2. The minimum Gasteiger partial charge on any atom is -0.342 e. The summed E-state index contributed by atoms with van der Waals surface area (Å²) in [6.45, 7) is 3.68. The Morgan fingerprint density at radius 3 is 2.44 bits per heavy atom. The smallest absolute Gasteiger partial charge is 0.231 e. The third kappa shape index (κ3) is 4.35. The standard InChI is InChI=1S/C20H29FN2O3S/c1-2-3-13-27(25,26)23-15-20(16-23,14-17-9-5-6-10-18(17)21)19(24)22-11-7-4-8-12-22/h5-6,9-10H,2-4,7-8,11-16H2,1H3. The number of halogens is 1. The normalized spacial score (nSPS) is 20.3. The average molecular weight is 397 g/mol. The molecule has 0 spiro atoms. The lowest BCUT2D eigenvalue weighted by Crippen LogP contribution is -2.66. The van der Waals surface area contributed by atoms with Gasteiger partial charge in [-0.15, -0.1) is 0 Å². The minimum absolute atomic E-state index is 0.0209. The molecule has 3 rings (SSSR count). The highest BCUT2D eigenvalue weighted by Crippen LogP contribution is 2.39. The first-order valence-corrected chi connectivity index (χ1v) is 11.5. The van der Waals surface area contributed by atoms with Crippen molar-refractivity contribution in [2.24, 2.45) is 5.41 Å². The Morgan fingerprint density at radius 1 is 1.15 bits per heavy atom. The van der Waals surface area contributed by atoms with E-state index in [9.17, 15) is 17.6 Å². The van der Waals surface area contributed by atoms with E-state index >= 15 is 0 Å². The highest BCUT2D eigenvalue weighted by Gasteiger charge is 2.54. The van der Waals surface area contributed by atoms with Gasteiger partial charge in [0.1, 0.15) is 5.82 Å². The molecule has 2 aliphatic rings. The van der Waals surface area contributed by atoms with Gasteiger partial charge in [0.15, 0.2) is 0 Å². The molecule has 1 aromatic carbocycles. The number of sulfonamides is 1. The number of piperidine rings is 1. The first kappa shape index (κ1) is 20.3. The van der Waals surface area contributed by atoms with Crippen LogP contribution in [0.15, 0.2) is 24.3 Å². The van der Waals surface area contributed by atoms with Gasteiger partial charge in [0, 0.05) is 26.2 Å². The van der Waals surface area contributed by atoms with Gasteiger partial charge in [-0.3, -0.25) is 4.79 Å². The Labute approximate surface area is 161 Å². The van der Waals surface area contributed by atoms with Crippen LogP contribution < -0.4 is 0 Å². The predicted molar refractivity (Wildman–Crippen MR) is 103 cm³/mol. The van der Waals surface area contributed by atoms with E-state index < -0.39 is 15.4 Å². The first-order chi connectivity index (χ1) is 12.9. The summed E-state index contributed by atoms with van der Waals surface area (Å²) in [5, 5.41) is 0. The van der Waals surface area contributed by atoms with Gasteiger partial charge in [0.05, 0.1) is 11.2 Å². The number of carbonyl (C=O) groups is 1. The maximum absolute atomic E-state index is 14.2. The van der Waals surface area contributed by atoms with Crippen LogP contribution in [0, 0.1) is 11.2 Å². The fourth-order valence-corrected chi connectivity index (χ4v) is 5.84. The van der Waals surface area contributed by atoms with Crippen LogP contribution in [0.5, 0.6) is 0 Å². The Hall–Kier alpha value is -1.47. The van der Waals surface area contributed by atoms with Crippen molar-refractivity contribution in [1.82, 2.24) is 9.21 Å². The monoisotopic (exact) mass is 396 g/mol. The highest BCUT2D eigenvalue weighted by molar-refractivity contribution is 7.89. The molecule has 0 N–H and O–H groups in total. The van der Waals surface area contributed by atoms with Crippen LogP contribution in [-0.4, -0.2) is 55.5 Å². The van der Waals surface area contributed by atoms with Crippen LogP contribution in [0.25, 0.3) is 0 Å². The molecular weight excluding hydrogens is 367 g/mol. The van der Waals surface area contributed by atoms with E-state index in [1.54, 1.807) is 18.2 Å². The van der Waals surface area contributed by atoms with E-state index in [4.69, 9.17) is 0 Å². The van der Waals surface area contributed by atoms with Gasteiger partial charge in [-0.2, -0.15) is 4.31 Å². The number of unbranched alkanes of at least 4 members (excludes halogenated alkanes) is 1. The van der Waals surface area contributed by atoms with Crippen molar-refractivity contribution in [3.05, 3.63) is 35.6 Å². The molecular formula is C20H29FN2O3S. The molecule has 0 radical (unpaired) electrons. The summed E-state index contributed by atoms with van der Waals surface area (Å²) in [5.74, 6) is -0.250. The topological polar surface area (TPSA) is 57.7 Å². The number of benzene rings is 1. The Morgan fingerprint density at radius 2 is 1.81 bits per heavy atom. The first-order valence-electron chi connectivity index (χ1n) is 9.88. The summed E-state index contributed by atoms with van der Waals surface area (Å²) in [6, 6.07) is 6.46. The molecule has 1 aromatic rings. The van der Waals surface area contributed by atoms with Gasteiger partial charge >= 0.3 is 0 Å². The molecule has 2 fully saturated rings. The second-order valence-electron chi connectivity index (χ2n) is 7.84. The lowest BCUT2D eigenvalue weighted by Gasteiger charge is -2.50. The van der Waals surface area contributed by atoms with Crippen molar-refractivity contribution in [3.63, 3.8) is 0 Å². The van der Waals surface area contributed by atoms with Gasteiger partial charge in [-0.1, -0.05) is 31.5 Å². The van der Waals surface area contributed by atoms with Crippen LogP contribution in [0.2, 0.25) is 0 Å². The zero-order chi connectivity index (χ0) is 19.5. The number of carbonyl (C=O) groups excluding carboxylic acids is 1. The van der Waals surface area contributed by atoms with Crippen molar-refractivity contribution in [1.29, 1.82) is 0 Å². The number of likely N-dealkylation sites (tertiary alicyclic amines) is 1. The number of hydrogen-bond donors (Lipinski definition) is 0. The lowest BCUT2D eigenvalue weighted by molar-refractivity contribution is -0.150. The van der Waals surface area contributed by atoms with E-state index in [2.05, 4.69) is 0 Å². The Kier molecular flexibility index (Phi) is 6.21. The van der Waals surface area contributed by atoms with Crippen molar-refractivity contribution < 1.29 is 17.6 Å². The molecule has 0 unspecified atom stereocenters. The molecule has 0 saturated carbocycles. The van der Waals surface area contributed by atoms with Crippen molar-refractivity contribution in [3.8, 4) is 0 Å². The molecule has 0 aliphatic carbocycles. The molecule has 5 nitrogen and oxygen atoms in total. The average Bonchev–Trinajstić information content (AvgIpc) is 2.64. The van der Waals surface area contributed by atoms with Gasteiger partial charge in [-0.25, -0.2) is 12.8 Å². The van der Waals surface area contributed by atoms with Gasteiger partial charge in [0.25, 0.3) is 0 Å². The predicted octanol–water partition coefficient (Wildman–Crippen LogP) is 2.81. The van der Waals surface area contributed by atoms with Gasteiger partial charge in [0.2, 0.25) is 15.9 Å². The summed E-state index contributed by atoms with van der Waals surface area (Å²) in [5.41, 5.74) is -0.368. The molecule has 0 atom stereocenters. The molecule has 2 aliphatic heterocycles. The third-order valence-corrected chi connectivity index (χ3v) is 7.54. The fourth-order valence-electron chi connectivity index (χ4n) is 4.04. The SMILES string of the molecule is CCCCS(=O)(=O)N1CC(Cc2ccccc2F)(C(=O)N2CCCCC2)C1. The third-order valence-electron chi connectivity index (χ3n) is 5.69. The van der Waals surface area contributed by atoms with Crippen LogP contribution in [-0.2, 0) is 21.2 Å². The molecule has 2 saturated heterocycles. The second kappa shape index (κ2) is 8.27. The van der Waals surface area contributed by atoms with E-state index in [-0.39, 0.29) is 37.0 Å². The number of rotatable bonds is 7. The highest BCUT2D eigenvalue weighted by atomic mass is 32.2. The summed E-state index contributed by atoms with van der Waals surface area (Å²) in [6.07, 6.45) is 4.72. The van der Waals surface area contributed by atoms with Crippen molar-refractivity contribution in [2.45, 2.75) is 45.4 Å². The van der Waals surface area contributed by atoms with Crippen molar-refractivity contribution >= 4 is 15.9 Å². The maximum Gasteiger partial charge on any atom is 0.231 e. The zero-order valence-corrected chi connectivity index (χ0v) is 16.8. The molecule has 0 bridgehead atoms. The fraction of sp³-hybridized carbons (Fsp3) is 0.650. The van der Waals surface area contributed by atoms with Crippen LogP contribution >= 0.6 is 0 Å². The quantitative estimate of drug-likeness (QED) is 0.712. The molecule has 0 aromatic heterocycles. The zero-order valence-electron chi connectivity index (χ0n) is 16.0. The number of nitrogens with zero attached hydrogens (tertiary/aromatic N) is 2. The summed E-state index contributed by atoms with van der Waals surface area (Å²) in [4.78, 5) is 15.1. The lowest BCUT2D eigenvalue weighted by atomic mass is 9.74.